The van der Waals surface area contributed by atoms with Gasteiger partial charge in [0, 0.05) is 0 Å². The zero-order valence-electron chi connectivity index (χ0n) is 10.8. The van der Waals surface area contributed by atoms with E-state index in [2.05, 4.69) is 36.5 Å². The summed E-state index contributed by atoms with van der Waals surface area (Å²) in [5.41, 5.74) is 0. The first-order chi connectivity index (χ1) is 6.44. The molecule has 0 radical (unpaired) electrons. The predicted molar refractivity (Wildman–Crippen MR) is 70.4 cm³/mol. The minimum Gasteiger partial charge on any atom is -0.0869 e. The van der Waals surface area contributed by atoms with Gasteiger partial charge in [-0.2, -0.15) is 0 Å². The second kappa shape index (κ2) is 4.77. The average molecular weight is 192 g/mol. The van der Waals surface area contributed by atoms with Crippen LogP contribution in [0.25, 0.3) is 0 Å². The van der Waals surface area contributed by atoms with Crippen LogP contribution in [-0.2, 0) is 0 Å². The number of hydrogen-bond acceptors (Lipinski definition) is 0. The molecule has 1 aliphatic rings. The van der Waals surface area contributed by atoms with Crippen LogP contribution < -0.4 is 0 Å². The van der Waals surface area contributed by atoms with E-state index in [1.165, 1.54) is 32.1 Å². The lowest BCUT2D eigenvalue weighted by Crippen LogP contribution is -2.21. The highest BCUT2D eigenvalue weighted by molar-refractivity contribution is 6.39. The first-order valence-electron chi connectivity index (χ1n) is 6.44. The van der Waals surface area contributed by atoms with Gasteiger partial charge in [-0.05, 0) is 24.2 Å². The molecule has 0 heterocycles. The van der Waals surface area contributed by atoms with Crippen LogP contribution in [0.5, 0.6) is 0 Å². The topological polar surface area (TPSA) is 0 Å². The van der Waals surface area contributed by atoms with Crippen molar-refractivity contribution in [3.05, 3.63) is 0 Å². The molecule has 0 aliphatic heterocycles. The van der Waals surface area contributed by atoms with Gasteiger partial charge in [-0.3, -0.25) is 0 Å². The summed E-state index contributed by atoms with van der Waals surface area (Å²) in [6, 6.07) is 0. The fourth-order valence-corrected chi connectivity index (χ4v) is 3.17. The molecule has 0 spiro atoms. The van der Waals surface area contributed by atoms with Gasteiger partial charge < -0.3 is 0 Å². The molecule has 3 atom stereocenters. The molecule has 2 heteroatoms. The molecule has 0 aromatic rings. The Hall–Kier alpha value is 0.130. The Bertz CT molecular complexity index is 170. The molecule has 0 bridgehead atoms. The fraction of sp³-hybridized carbons (Fsp3) is 1.00. The monoisotopic (exact) mass is 192 g/mol. The summed E-state index contributed by atoms with van der Waals surface area (Å²) in [6.07, 6.45) is 7.24. The van der Waals surface area contributed by atoms with Crippen molar-refractivity contribution in [2.24, 2.45) is 17.8 Å². The van der Waals surface area contributed by atoms with Crippen molar-refractivity contribution in [3.8, 4) is 0 Å². The van der Waals surface area contributed by atoms with Crippen molar-refractivity contribution in [1.82, 2.24) is 0 Å². The van der Waals surface area contributed by atoms with E-state index < -0.39 is 0 Å². The molecule has 80 valence electrons. The zero-order valence-corrected chi connectivity index (χ0v) is 10.8. The van der Waals surface area contributed by atoms with Crippen molar-refractivity contribution < 1.29 is 0 Å². The first kappa shape index (κ1) is 12.2. The Morgan fingerprint density at radius 3 is 2.43 bits per heavy atom. The second-order valence-corrected chi connectivity index (χ2v) is 6.53. The maximum Gasteiger partial charge on any atom is 0.0988 e. The summed E-state index contributed by atoms with van der Waals surface area (Å²) in [7, 11) is 4.78. The SMILES string of the molecule is BC(B)(C)CC1C(C)CCC1CCC. The Balaban J connectivity index is 2.53. The molecule has 0 N–H and O–H groups in total. The minimum atomic E-state index is 0.523. The van der Waals surface area contributed by atoms with E-state index in [-0.39, 0.29) is 0 Å². The predicted octanol–water partition coefficient (Wildman–Crippen LogP) is 2.24. The molecule has 1 rings (SSSR count). The Labute approximate surface area is 92.1 Å². The highest BCUT2D eigenvalue weighted by Gasteiger charge is 2.34. The van der Waals surface area contributed by atoms with Gasteiger partial charge in [0.15, 0.2) is 0 Å². The van der Waals surface area contributed by atoms with Crippen LogP contribution >= 0.6 is 0 Å². The Morgan fingerprint density at radius 1 is 1.29 bits per heavy atom. The molecule has 0 nitrogen and oxygen atoms in total. The van der Waals surface area contributed by atoms with Crippen molar-refractivity contribution in [3.63, 3.8) is 0 Å². The summed E-state index contributed by atoms with van der Waals surface area (Å²) >= 11 is 0. The van der Waals surface area contributed by atoms with E-state index in [0.717, 1.165) is 17.8 Å². The van der Waals surface area contributed by atoms with E-state index in [0.29, 0.717) is 5.21 Å². The van der Waals surface area contributed by atoms with Crippen molar-refractivity contribution in [1.29, 1.82) is 0 Å². The Kier molecular flexibility index (Phi) is 4.15. The van der Waals surface area contributed by atoms with Crippen molar-refractivity contribution in [2.45, 2.75) is 58.1 Å². The maximum atomic E-state index is 2.46. The number of rotatable bonds is 4. The van der Waals surface area contributed by atoms with Gasteiger partial charge in [-0.25, -0.2) is 0 Å². The van der Waals surface area contributed by atoms with E-state index in [4.69, 9.17) is 0 Å². The molecule has 1 saturated carbocycles. The maximum absolute atomic E-state index is 2.46. The third-order valence-electron chi connectivity index (χ3n) is 3.84. The van der Waals surface area contributed by atoms with Crippen LogP contribution in [0.4, 0.5) is 0 Å². The molecule has 0 amide bonds. The molecular formula is C12H26B2. The summed E-state index contributed by atoms with van der Waals surface area (Å²) in [6.45, 7) is 7.18. The van der Waals surface area contributed by atoms with Crippen LogP contribution in [0.2, 0.25) is 5.21 Å². The largest absolute Gasteiger partial charge is 0.0988 e. The lowest BCUT2D eigenvalue weighted by atomic mass is 9.51. The van der Waals surface area contributed by atoms with Crippen LogP contribution in [0.15, 0.2) is 0 Å². The lowest BCUT2D eigenvalue weighted by Gasteiger charge is -2.30. The van der Waals surface area contributed by atoms with Crippen molar-refractivity contribution in [2.75, 3.05) is 0 Å². The molecule has 0 aromatic carbocycles. The fourth-order valence-electron chi connectivity index (χ4n) is 3.17. The summed E-state index contributed by atoms with van der Waals surface area (Å²) in [5.74, 6) is 3.02. The quantitative estimate of drug-likeness (QED) is 0.599. The normalized spacial score (nSPS) is 33.5. The minimum absolute atomic E-state index is 0.523. The van der Waals surface area contributed by atoms with Gasteiger partial charge >= 0.3 is 0 Å². The molecule has 14 heavy (non-hydrogen) atoms. The van der Waals surface area contributed by atoms with Gasteiger partial charge in [-0.1, -0.05) is 51.7 Å². The molecule has 1 aliphatic carbocycles. The van der Waals surface area contributed by atoms with Crippen molar-refractivity contribution >= 4 is 15.7 Å². The standard InChI is InChI=1S/C12H26B2/c1-4-5-10-7-6-9(2)11(10)8-12(3,13)14/h9-11H,4-8,13-14H2,1-3H3. The smallest absolute Gasteiger partial charge is 0.0869 e. The number of hydrogen-bond donors (Lipinski definition) is 0. The third kappa shape index (κ3) is 3.37. The lowest BCUT2D eigenvalue weighted by molar-refractivity contribution is 0.281. The van der Waals surface area contributed by atoms with Crippen LogP contribution in [0, 0.1) is 17.8 Å². The van der Waals surface area contributed by atoms with Gasteiger partial charge in [0.25, 0.3) is 0 Å². The highest BCUT2D eigenvalue weighted by atomic mass is 14.4. The summed E-state index contributed by atoms with van der Waals surface area (Å²) in [4.78, 5) is 0. The average Bonchev–Trinajstić information content (AvgIpc) is 2.34. The van der Waals surface area contributed by atoms with Gasteiger partial charge in [0.2, 0.25) is 0 Å². The third-order valence-corrected chi connectivity index (χ3v) is 3.84. The molecule has 1 fully saturated rings. The summed E-state index contributed by atoms with van der Waals surface area (Å²) in [5, 5.41) is 0.523. The van der Waals surface area contributed by atoms with Gasteiger partial charge in [0.05, 0.1) is 15.7 Å². The molecule has 3 unspecified atom stereocenters. The second-order valence-electron chi connectivity index (χ2n) is 6.53. The van der Waals surface area contributed by atoms with Gasteiger partial charge in [-0.15, -0.1) is 0 Å². The van der Waals surface area contributed by atoms with E-state index in [1.807, 2.05) is 0 Å². The van der Waals surface area contributed by atoms with Gasteiger partial charge in [0.1, 0.15) is 0 Å². The van der Waals surface area contributed by atoms with Crippen LogP contribution in [0.3, 0.4) is 0 Å². The van der Waals surface area contributed by atoms with Crippen LogP contribution in [0.1, 0.15) is 52.9 Å². The summed E-state index contributed by atoms with van der Waals surface area (Å²) < 4.78 is 0. The Morgan fingerprint density at radius 2 is 1.93 bits per heavy atom. The highest BCUT2D eigenvalue weighted by Crippen LogP contribution is 2.45. The van der Waals surface area contributed by atoms with Crippen LogP contribution in [-0.4, -0.2) is 15.7 Å². The molecule has 0 saturated heterocycles. The molecular weight excluding hydrogens is 166 g/mol. The van der Waals surface area contributed by atoms with E-state index >= 15 is 0 Å². The molecule has 0 aromatic heterocycles. The zero-order chi connectivity index (χ0) is 10.8. The first-order valence-corrected chi connectivity index (χ1v) is 6.44. The van der Waals surface area contributed by atoms with E-state index in [1.54, 1.807) is 0 Å². The van der Waals surface area contributed by atoms with E-state index in [9.17, 15) is 0 Å².